The van der Waals surface area contributed by atoms with Crippen LogP contribution in [0, 0.1) is 6.92 Å². The van der Waals surface area contributed by atoms with Gasteiger partial charge in [-0.25, -0.2) is 4.79 Å². The summed E-state index contributed by atoms with van der Waals surface area (Å²) in [5.41, 5.74) is 3.43. The number of nitrogens with zero attached hydrogens (tertiary/aromatic N) is 1. The predicted molar refractivity (Wildman–Crippen MR) is 99.5 cm³/mol. The number of aryl methyl sites for hydroxylation is 1. The van der Waals surface area contributed by atoms with Gasteiger partial charge in [0.15, 0.2) is 0 Å². The van der Waals surface area contributed by atoms with Crippen molar-refractivity contribution in [2.24, 2.45) is 0 Å². The maximum Gasteiger partial charge on any atom is 0.319 e. The molecule has 1 atom stereocenters. The first kappa shape index (κ1) is 16.9. The van der Waals surface area contributed by atoms with Crippen molar-refractivity contribution in [1.29, 1.82) is 0 Å². The molecule has 0 bridgehead atoms. The monoisotopic (exact) mass is 335 g/mol. The van der Waals surface area contributed by atoms with Crippen LogP contribution in [-0.4, -0.2) is 22.7 Å². The molecule has 128 valence electrons. The summed E-state index contributed by atoms with van der Waals surface area (Å²) in [6, 6.07) is 16.8. The molecule has 0 aliphatic heterocycles. The number of carbonyl (C=O) groups is 1. The standard InChI is InChI=1S/C20H21N3O2/c1-14-12-16-8-5-10-21-19(16)18(13-14)23-20(25)22-17(9-11-24)15-6-3-2-4-7-15/h2-8,10,12-13,17,24H,9,11H2,1H3,(H2,22,23,25)/t17-/m1/s1. The summed E-state index contributed by atoms with van der Waals surface area (Å²) in [7, 11) is 0. The molecule has 0 unspecified atom stereocenters. The van der Waals surface area contributed by atoms with E-state index in [9.17, 15) is 9.90 Å². The number of carbonyl (C=O) groups excluding carboxylic acids is 1. The topological polar surface area (TPSA) is 74.2 Å². The zero-order chi connectivity index (χ0) is 17.6. The van der Waals surface area contributed by atoms with Crippen molar-refractivity contribution < 1.29 is 9.90 Å². The molecule has 2 aromatic carbocycles. The quantitative estimate of drug-likeness (QED) is 0.664. The second-order valence-electron chi connectivity index (χ2n) is 5.96. The Morgan fingerprint density at radius 3 is 2.72 bits per heavy atom. The number of aliphatic hydroxyl groups excluding tert-OH is 1. The van der Waals surface area contributed by atoms with Crippen LogP contribution in [-0.2, 0) is 0 Å². The van der Waals surface area contributed by atoms with Crippen LogP contribution in [0.5, 0.6) is 0 Å². The minimum atomic E-state index is -0.320. The third-order valence-corrected chi connectivity index (χ3v) is 4.02. The fourth-order valence-corrected chi connectivity index (χ4v) is 2.89. The van der Waals surface area contributed by atoms with Crippen LogP contribution in [0.1, 0.15) is 23.6 Å². The maximum atomic E-state index is 12.5. The van der Waals surface area contributed by atoms with Crippen LogP contribution in [0.25, 0.3) is 10.9 Å². The molecule has 2 amide bonds. The Morgan fingerprint density at radius 1 is 1.16 bits per heavy atom. The SMILES string of the molecule is Cc1cc(NC(=O)N[C@H](CCO)c2ccccc2)c2ncccc2c1. The number of benzene rings is 2. The summed E-state index contributed by atoms with van der Waals surface area (Å²) in [6.45, 7) is 1.98. The highest BCUT2D eigenvalue weighted by atomic mass is 16.3. The average Bonchev–Trinajstić information content (AvgIpc) is 2.62. The lowest BCUT2D eigenvalue weighted by atomic mass is 10.0. The van der Waals surface area contributed by atoms with Crippen LogP contribution >= 0.6 is 0 Å². The third kappa shape index (κ3) is 4.14. The van der Waals surface area contributed by atoms with Crippen LogP contribution < -0.4 is 10.6 Å². The number of amides is 2. The van der Waals surface area contributed by atoms with Gasteiger partial charge in [-0.05, 0) is 42.7 Å². The Bertz CT molecular complexity index is 865. The molecule has 0 aliphatic carbocycles. The minimum Gasteiger partial charge on any atom is -0.396 e. The largest absolute Gasteiger partial charge is 0.396 e. The number of pyridine rings is 1. The van der Waals surface area contributed by atoms with Crippen molar-refractivity contribution in [2.45, 2.75) is 19.4 Å². The molecule has 0 spiro atoms. The molecule has 0 saturated heterocycles. The Morgan fingerprint density at radius 2 is 1.96 bits per heavy atom. The van der Waals surface area contributed by atoms with Crippen molar-refractivity contribution >= 4 is 22.6 Å². The zero-order valence-electron chi connectivity index (χ0n) is 14.1. The summed E-state index contributed by atoms with van der Waals surface area (Å²) >= 11 is 0. The molecule has 5 heteroatoms. The van der Waals surface area contributed by atoms with Crippen LogP contribution in [0.3, 0.4) is 0 Å². The summed E-state index contributed by atoms with van der Waals surface area (Å²) in [5, 5.41) is 16.1. The number of nitrogens with one attached hydrogen (secondary N) is 2. The Balaban J connectivity index is 1.80. The normalized spacial score (nSPS) is 11.9. The number of urea groups is 1. The second-order valence-corrected chi connectivity index (χ2v) is 5.96. The molecule has 0 aliphatic rings. The van der Waals surface area contributed by atoms with Gasteiger partial charge in [-0.15, -0.1) is 0 Å². The van der Waals surface area contributed by atoms with Gasteiger partial charge in [-0.1, -0.05) is 36.4 Å². The van der Waals surface area contributed by atoms with E-state index < -0.39 is 0 Å². The van der Waals surface area contributed by atoms with E-state index in [0.717, 1.165) is 22.0 Å². The molecule has 3 rings (SSSR count). The van der Waals surface area contributed by atoms with E-state index >= 15 is 0 Å². The number of rotatable bonds is 5. The second kappa shape index (κ2) is 7.77. The highest BCUT2D eigenvalue weighted by molar-refractivity contribution is 6.00. The van der Waals surface area contributed by atoms with Crippen LogP contribution in [0.4, 0.5) is 10.5 Å². The molecule has 3 N–H and O–H groups in total. The van der Waals surface area contributed by atoms with Gasteiger partial charge in [0.05, 0.1) is 17.2 Å². The predicted octanol–water partition coefficient (Wildman–Crippen LogP) is 3.79. The van der Waals surface area contributed by atoms with E-state index in [0.29, 0.717) is 12.1 Å². The van der Waals surface area contributed by atoms with E-state index in [1.54, 1.807) is 6.20 Å². The zero-order valence-corrected chi connectivity index (χ0v) is 14.1. The average molecular weight is 335 g/mol. The highest BCUT2D eigenvalue weighted by Gasteiger charge is 2.15. The van der Waals surface area contributed by atoms with Gasteiger partial charge in [0.2, 0.25) is 0 Å². The molecule has 5 nitrogen and oxygen atoms in total. The number of hydrogen-bond donors (Lipinski definition) is 3. The fraction of sp³-hybridized carbons (Fsp3) is 0.200. The molecule has 3 aromatic rings. The molecule has 0 saturated carbocycles. The molecule has 0 radical (unpaired) electrons. The van der Waals surface area contributed by atoms with Crippen LogP contribution in [0.2, 0.25) is 0 Å². The number of fused-ring (bicyclic) bond motifs is 1. The molecular weight excluding hydrogens is 314 g/mol. The van der Waals surface area contributed by atoms with Gasteiger partial charge in [-0.2, -0.15) is 0 Å². The van der Waals surface area contributed by atoms with Gasteiger partial charge in [0, 0.05) is 18.2 Å². The summed E-state index contributed by atoms with van der Waals surface area (Å²) in [6.07, 6.45) is 2.16. The molecule has 0 fully saturated rings. The summed E-state index contributed by atoms with van der Waals surface area (Å²) in [4.78, 5) is 16.9. The van der Waals surface area contributed by atoms with Gasteiger partial charge in [0.25, 0.3) is 0 Å². The first-order valence-corrected chi connectivity index (χ1v) is 8.26. The molecule has 1 heterocycles. The van der Waals surface area contributed by atoms with Gasteiger partial charge in [0.1, 0.15) is 0 Å². The number of aliphatic hydroxyl groups is 1. The first-order chi connectivity index (χ1) is 12.2. The lowest BCUT2D eigenvalue weighted by molar-refractivity contribution is 0.239. The van der Waals surface area contributed by atoms with Crippen molar-refractivity contribution in [3.05, 3.63) is 71.9 Å². The number of hydrogen-bond acceptors (Lipinski definition) is 3. The van der Waals surface area contributed by atoms with E-state index in [4.69, 9.17) is 0 Å². The van der Waals surface area contributed by atoms with Crippen molar-refractivity contribution in [2.75, 3.05) is 11.9 Å². The molecule has 1 aromatic heterocycles. The number of anilines is 1. The van der Waals surface area contributed by atoms with E-state index in [2.05, 4.69) is 15.6 Å². The Hall–Kier alpha value is -2.92. The third-order valence-electron chi connectivity index (χ3n) is 4.02. The Kier molecular flexibility index (Phi) is 5.26. The number of aromatic nitrogens is 1. The van der Waals surface area contributed by atoms with Crippen LogP contribution in [0.15, 0.2) is 60.8 Å². The maximum absolute atomic E-state index is 12.5. The van der Waals surface area contributed by atoms with Crippen molar-refractivity contribution in [3.8, 4) is 0 Å². The summed E-state index contributed by atoms with van der Waals surface area (Å²) < 4.78 is 0. The fourth-order valence-electron chi connectivity index (χ4n) is 2.89. The first-order valence-electron chi connectivity index (χ1n) is 8.26. The summed E-state index contributed by atoms with van der Waals surface area (Å²) in [5.74, 6) is 0. The van der Waals surface area contributed by atoms with Gasteiger partial charge in [-0.3, -0.25) is 4.98 Å². The smallest absolute Gasteiger partial charge is 0.319 e. The van der Waals surface area contributed by atoms with Crippen molar-refractivity contribution in [3.63, 3.8) is 0 Å². The molecular formula is C20H21N3O2. The lowest BCUT2D eigenvalue weighted by Gasteiger charge is -2.19. The Labute approximate surface area is 146 Å². The van der Waals surface area contributed by atoms with Gasteiger partial charge < -0.3 is 15.7 Å². The van der Waals surface area contributed by atoms with E-state index in [-0.39, 0.29) is 18.7 Å². The van der Waals surface area contributed by atoms with Gasteiger partial charge >= 0.3 is 6.03 Å². The lowest BCUT2D eigenvalue weighted by Crippen LogP contribution is -2.33. The highest BCUT2D eigenvalue weighted by Crippen LogP contribution is 2.23. The van der Waals surface area contributed by atoms with E-state index in [1.165, 1.54) is 0 Å². The molecule has 25 heavy (non-hydrogen) atoms. The minimum absolute atomic E-state index is 0.00519. The van der Waals surface area contributed by atoms with Crippen molar-refractivity contribution in [1.82, 2.24) is 10.3 Å². The van der Waals surface area contributed by atoms with E-state index in [1.807, 2.05) is 61.5 Å².